The molecule has 2 N–H and O–H groups in total. The number of hydrogen-bond acceptors (Lipinski definition) is 5. The summed E-state index contributed by atoms with van der Waals surface area (Å²) in [5.41, 5.74) is 2.59. The molecule has 2 atom stereocenters. The Bertz CT molecular complexity index is 760. The third-order valence-corrected chi connectivity index (χ3v) is 4.48. The van der Waals surface area contributed by atoms with E-state index in [-0.39, 0.29) is 36.9 Å². The third-order valence-electron chi connectivity index (χ3n) is 4.48. The Morgan fingerprint density at radius 2 is 2.08 bits per heavy atom. The molecule has 1 aliphatic rings. The average molecular weight is 389 g/mol. The van der Waals surface area contributed by atoms with E-state index < -0.39 is 6.10 Å². The summed E-state index contributed by atoms with van der Waals surface area (Å²) in [5, 5.41) is 13.7. The molecule has 0 spiro atoms. The van der Waals surface area contributed by atoms with Gasteiger partial charge in [-0.1, -0.05) is 6.42 Å². The SMILES string of the molecule is Cc1cc(C)c2ncn(CC(O)CC3CCCCN3)c(=O)c2n1.Cl.Cl. The number of aliphatic hydroxyl groups excluding tert-OH is 1. The van der Waals surface area contributed by atoms with Crippen molar-refractivity contribution in [3.05, 3.63) is 34.0 Å². The van der Waals surface area contributed by atoms with E-state index in [9.17, 15) is 9.90 Å². The van der Waals surface area contributed by atoms with Crippen molar-refractivity contribution in [2.45, 2.75) is 58.2 Å². The number of aliphatic hydroxyl groups is 1. The van der Waals surface area contributed by atoms with Gasteiger partial charge in [-0.3, -0.25) is 9.36 Å². The number of hydrogen-bond donors (Lipinski definition) is 2. The predicted molar refractivity (Wildman–Crippen MR) is 104 cm³/mol. The molecule has 0 aliphatic carbocycles. The maximum absolute atomic E-state index is 12.6. The first-order valence-electron chi connectivity index (χ1n) is 8.29. The number of nitrogens with one attached hydrogen (secondary N) is 1. The quantitative estimate of drug-likeness (QED) is 0.838. The minimum atomic E-state index is -0.562. The minimum absolute atomic E-state index is 0. The van der Waals surface area contributed by atoms with E-state index in [2.05, 4.69) is 15.3 Å². The molecule has 0 saturated carbocycles. The number of nitrogens with zero attached hydrogens (tertiary/aromatic N) is 3. The normalized spacial score (nSPS) is 18.3. The Hall–Kier alpha value is -1.21. The molecule has 140 valence electrons. The van der Waals surface area contributed by atoms with Gasteiger partial charge in [-0.05, 0) is 51.3 Å². The van der Waals surface area contributed by atoms with Crippen molar-refractivity contribution in [1.29, 1.82) is 0 Å². The Balaban J connectivity index is 0.00000156. The molecule has 2 aromatic rings. The average Bonchev–Trinajstić information content (AvgIpc) is 2.51. The molecule has 2 unspecified atom stereocenters. The molecular weight excluding hydrogens is 363 g/mol. The zero-order valence-electron chi connectivity index (χ0n) is 14.6. The summed E-state index contributed by atoms with van der Waals surface area (Å²) in [7, 11) is 0. The van der Waals surface area contributed by atoms with Gasteiger partial charge in [0.25, 0.3) is 5.56 Å². The Morgan fingerprint density at radius 3 is 2.76 bits per heavy atom. The van der Waals surface area contributed by atoms with Gasteiger partial charge in [-0.2, -0.15) is 0 Å². The fourth-order valence-electron chi connectivity index (χ4n) is 3.34. The van der Waals surface area contributed by atoms with Crippen molar-refractivity contribution in [3.63, 3.8) is 0 Å². The highest BCUT2D eigenvalue weighted by Gasteiger charge is 2.18. The van der Waals surface area contributed by atoms with Crippen LogP contribution in [0.15, 0.2) is 17.2 Å². The Labute approximate surface area is 159 Å². The molecule has 1 fully saturated rings. The van der Waals surface area contributed by atoms with Gasteiger partial charge < -0.3 is 10.4 Å². The minimum Gasteiger partial charge on any atom is -0.391 e. The summed E-state index contributed by atoms with van der Waals surface area (Å²) < 4.78 is 1.47. The van der Waals surface area contributed by atoms with Crippen molar-refractivity contribution in [2.75, 3.05) is 6.54 Å². The second kappa shape index (κ2) is 9.48. The number of aromatic nitrogens is 3. The topological polar surface area (TPSA) is 80.0 Å². The van der Waals surface area contributed by atoms with Gasteiger partial charge in [-0.15, -0.1) is 24.8 Å². The van der Waals surface area contributed by atoms with Gasteiger partial charge in [-0.25, -0.2) is 9.97 Å². The van der Waals surface area contributed by atoms with E-state index in [1.807, 2.05) is 19.9 Å². The molecule has 1 saturated heterocycles. The molecule has 6 nitrogen and oxygen atoms in total. The van der Waals surface area contributed by atoms with E-state index in [1.54, 1.807) is 0 Å². The first kappa shape index (κ1) is 21.8. The van der Waals surface area contributed by atoms with Gasteiger partial charge >= 0.3 is 0 Å². The number of pyridine rings is 1. The van der Waals surface area contributed by atoms with Crippen molar-refractivity contribution < 1.29 is 5.11 Å². The standard InChI is InChI=1S/C17H24N4O2.2ClH/c1-11-7-12(2)20-16-15(11)19-10-21(17(16)23)9-14(22)8-13-5-3-4-6-18-13;;/h7,10,13-14,18,22H,3-6,8-9H2,1-2H3;2*1H. The molecule has 8 heteroatoms. The second-order valence-corrected chi connectivity index (χ2v) is 6.52. The monoisotopic (exact) mass is 388 g/mol. The highest BCUT2D eigenvalue weighted by Crippen LogP contribution is 2.14. The molecular formula is C17H26Cl2N4O2. The molecule has 3 heterocycles. The molecule has 1 aliphatic heterocycles. The van der Waals surface area contributed by atoms with Crippen molar-refractivity contribution in [1.82, 2.24) is 19.9 Å². The summed E-state index contributed by atoms with van der Waals surface area (Å²) in [5.74, 6) is 0. The van der Waals surface area contributed by atoms with Crippen LogP contribution in [0.25, 0.3) is 11.0 Å². The zero-order valence-corrected chi connectivity index (χ0v) is 16.2. The van der Waals surface area contributed by atoms with E-state index in [0.717, 1.165) is 24.2 Å². The van der Waals surface area contributed by atoms with Crippen LogP contribution in [0.3, 0.4) is 0 Å². The van der Waals surface area contributed by atoms with Crippen LogP contribution >= 0.6 is 24.8 Å². The van der Waals surface area contributed by atoms with Crippen LogP contribution < -0.4 is 10.9 Å². The van der Waals surface area contributed by atoms with Crippen LogP contribution in [0.4, 0.5) is 0 Å². The van der Waals surface area contributed by atoms with Crippen LogP contribution in [0.5, 0.6) is 0 Å². The molecule has 0 amide bonds. The van der Waals surface area contributed by atoms with Crippen LogP contribution in [0, 0.1) is 13.8 Å². The van der Waals surface area contributed by atoms with E-state index >= 15 is 0 Å². The largest absolute Gasteiger partial charge is 0.391 e. The highest BCUT2D eigenvalue weighted by molar-refractivity contribution is 5.85. The number of fused-ring (bicyclic) bond motifs is 1. The zero-order chi connectivity index (χ0) is 16.4. The first-order valence-corrected chi connectivity index (χ1v) is 8.29. The predicted octanol–water partition coefficient (Wildman–Crippen LogP) is 2.15. The number of rotatable bonds is 4. The lowest BCUT2D eigenvalue weighted by atomic mass is 9.99. The van der Waals surface area contributed by atoms with E-state index in [0.29, 0.717) is 23.5 Å². The van der Waals surface area contributed by atoms with Gasteiger partial charge in [0.1, 0.15) is 0 Å². The van der Waals surface area contributed by atoms with Gasteiger partial charge in [0, 0.05) is 11.7 Å². The number of aryl methyl sites for hydroxylation is 2. The molecule has 2 aromatic heterocycles. The lowest BCUT2D eigenvalue weighted by Crippen LogP contribution is -2.38. The van der Waals surface area contributed by atoms with Crippen molar-refractivity contribution in [3.8, 4) is 0 Å². The Kier molecular flexibility index (Phi) is 8.28. The fourth-order valence-corrected chi connectivity index (χ4v) is 3.34. The molecule has 0 radical (unpaired) electrons. The highest BCUT2D eigenvalue weighted by atomic mass is 35.5. The van der Waals surface area contributed by atoms with Gasteiger partial charge in [0.15, 0.2) is 5.52 Å². The number of piperidine rings is 1. The molecule has 0 aromatic carbocycles. The molecule has 3 rings (SSSR count). The van der Waals surface area contributed by atoms with Gasteiger partial charge in [0.2, 0.25) is 0 Å². The second-order valence-electron chi connectivity index (χ2n) is 6.52. The summed E-state index contributed by atoms with van der Waals surface area (Å²) >= 11 is 0. The molecule has 25 heavy (non-hydrogen) atoms. The third kappa shape index (κ3) is 5.14. The lowest BCUT2D eigenvalue weighted by Gasteiger charge is -2.25. The number of halogens is 2. The van der Waals surface area contributed by atoms with Crippen molar-refractivity contribution in [2.24, 2.45) is 0 Å². The summed E-state index contributed by atoms with van der Waals surface area (Å²) in [6, 6.07) is 2.26. The maximum Gasteiger partial charge on any atom is 0.279 e. The first-order chi connectivity index (χ1) is 11.0. The van der Waals surface area contributed by atoms with E-state index in [1.165, 1.54) is 23.7 Å². The summed E-state index contributed by atoms with van der Waals surface area (Å²) in [6.07, 6.45) is 5.10. The van der Waals surface area contributed by atoms with Crippen molar-refractivity contribution >= 4 is 35.8 Å². The van der Waals surface area contributed by atoms with Crippen LogP contribution in [0.2, 0.25) is 0 Å². The van der Waals surface area contributed by atoms with Gasteiger partial charge in [0.05, 0.1) is 24.5 Å². The Morgan fingerprint density at radius 1 is 1.32 bits per heavy atom. The van der Waals surface area contributed by atoms with Crippen LogP contribution in [-0.4, -0.2) is 38.3 Å². The molecule has 0 bridgehead atoms. The summed E-state index contributed by atoms with van der Waals surface area (Å²) in [4.78, 5) is 21.3. The van der Waals surface area contributed by atoms with Crippen LogP contribution in [-0.2, 0) is 6.54 Å². The van der Waals surface area contributed by atoms with Crippen LogP contribution in [0.1, 0.15) is 36.9 Å². The fraction of sp³-hybridized carbons (Fsp3) is 0.588. The smallest absolute Gasteiger partial charge is 0.279 e. The van der Waals surface area contributed by atoms with E-state index in [4.69, 9.17) is 0 Å². The lowest BCUT2D eigenvalue weighted by molar-refractivity contribution is 0.123. The summed E-state index contributed by atoms with van der Waals surface area (Å²) in [6.45, 7) is 5.07. The maximum atomic E-state index is 12.6.